The molecule has 0 heterocycles. The first kappa shape index (κ1) is 32.0. The van der Waals surface area contributed by atoms with E-state index in [4.69, 9.17) is 18.8 Å². The van der Waals surface area contributed by atoms with Crippen molar-refractivity contribution in [3.05, 3.63) is 24.3 Å². The summed E-state index contributed by atoms with van der Waals surface area (Å²) in [6, 6.07) is 0. The van der Waals surface area contributed by atoms with E-state index in [1.807, 2.05) is 6.92 Å². The molecule has 0 saturated heterocycles. The van der Waals surface area contributed by atoms with Crippen molar-refractivity contribution in [1.82, 2.24) is 0 Å². The molecule has 174 valence electrons. The van der Waals surface area contributed by atoms with Crippen LogP contribution in [-0.2, 0) is 38.7 Å². The SMILES string of the molecule is C=C(C)C(=O)OCC(CCCCCC)(COC(=O)C(=C)C)C(=O)OCCS(=O)(=O)O.[H-].[Na+]. The summed E-state index contributed by atoms with van der Waals surface area (Å²) in [4.78, 5) is 36.6. The van der Waals surface area contributed by atoms with E-state index in [-0.39, 0.29) is 48.6 Å². The van der Waals surface area contributed by atoms with Gasteiger partial charge in [-0.2, -0.15) is 8.42 Å². The fraction of sp³-hybridized carbons (Fsp3) is 0.650. The van der Waals surface area contributed by atoms with Crippen molar-refractivity contribution in [2.24, 2.45) is 5.41 Å². The number of carbonyl (C=O) groups is 3. The van der Waals surface area contributed by atoms with Crippen molar-refractivity contribution in [3.63, 3.8) is 0 Å². The molecule has 0 aromatic heterocycles. The molecule has 0 atom stereocenters. The minimum Gasteiger partial charge on any atom is -1.00 e. The van der Waals surface area contributed by atoms with E-state index in [1.165, 1.54) is 13.8 Å². The van der Waals surface area contributed by atoms with Crippen molar-refractivity contribution >= 4 is 28.0 Å². The molecule has 31 heavy (non-hydrogen) atoms. The van der Waals surface area contributed by atoms with Gasteiger partial charge in [0.1, 0.15) is 31.0 Å². The molecule has 0 aliphatic heterocycles. The van der Waals surface area contributed by atoms with E-state index in [2.05, 4.69) is 13.2 Å². The van der Waals surface area contributed by atoms with E-state index in [0.29, 0.717) is 6.42 Å². The third kappa shape index (κ3) is 13.7. The molecule has 0 aromatic carbocycles. The van der Waals surface area contributed by atoms with E-state index < -0.39 is 59.0 Å². The fourth-order valence-corrected chi connectivity index (χ4v) is 2.64. The normalized spacial score (nSPS) is 11.1. The van der Waals surface area contributed by atoms with Crippen LogP contribution < -0.4 is 29.6 Å². The van der Waals surface area contributed by atoms with Gasteiger partial charge in [0.05, 0.1) is 0 Å². The van der Waals surface area contributed by atoms with E-state index >= 15 is 0 Å². The zero-order valence-corrected chi connectivity index (χ0v) is 21.7. The third-order valence-corrected chi connectivity index (χ3v) is 4.85. The summed E-state index contributed by atoms with van der Waals surface area (Å²) in [7, 11) is -4.33. The van der Waals surface area contributed by atoms with Gasteiger partial charge in [0.2, 0.25) is 0 Å². The zero-order valence-electron chi connectivity index (χ0n) is 19.9. The van der Waals surface area contributed by atoms with Gasteiger partial charge in [0, 0.05) is 11.1 Å². The predicted molar refractivity (Wildman–Crippen MR) is 111 cm³/mol. The Bertz CT molecular complexity index is 720. The topological polar surface area (TPSA) is 133 Å². The molecule has 0 spiro atoms. The van der Waals surface area contributed by atoms with E-state index in [1.54, 1.807) is 0 Å². The maximum absolute atomic E-state index is 12.9. The fourth-order valence-electron chi connectivity index (χ4n) is 2.34. The number of hydrogen-bond acceptors (Lipinski definition) is 8. The van der Waals surface area contributed by atoms with E-state index in [9.17, 15) is 22.8 Å². The number of unbranched alkanes of at least 4 members (excludes halogenated alkanes) is 3. The first-order chi connectivity index (χ1) is 13.8. The number of carbonyl (C=O) groups excluding carboxylic acids is 3. The van der Waals surface area contributed by atoms with Gasteiger partial charge in [-0.1, -0.05) is 45.8 Å². The van der Waals surface area contributed by atoms with Gasteiger partial charge in [-0.3, -0.25) is 9.35 Å². The molecule has 0 unspecified atom stereocenters. The van der Waals surface area contributed by atoms with Crippen LogP contribution in [0, 0.1) is 5.41 Å². The van der Waals surface area contributed by atoms with Crippen LogP contribution in [0.15, 0.2) is 24.3 Å². The molecule has 0 saturated carbocycles. The molecule has 0 aliphatic rings. The molecule has 0 aliphatic carbocycles. The molecular formula is C20H33NaO9S. The van der Waals surface area contributed by atoms with Crippen LogP contribution in [0.5, 0.6) is 0 Å². The molecule has 0 rings (SSSR count). The maximum atomic E-state index is 12.9. The molecule has 0 amide bonds. The molecule has 0 aromatic rings. The second-order valence-corrected chi connectivity index (χ2v) is 8.80. The summed E-state index contributed by atoms with van der Waals surface area (Å²) in [5, 5.41) is 0. The predicted octanol–water partition coefficient (Wildman–Crippen LogP) is -0.271. The zero-order chi connectivity index (χ0) is 23.4. The van der Waals surface area contributed by atoms with Crippen LogP contribution in [-0.4, -0.2) is 56.5 Å². The maximum Gasteiger partial charge on any atom is 1.00 e. The second-order valence-electron chi connectivity index (χ2n) is 7.23. The first-order valence-electron chi connectivity index (χ1n) is 9.62. The van der Waals surface area contributed by atoms with Crippen LogP contribution in [0.2, 0.25) is 0 Å². The van der Waals surface area contributed by atoms with Crippen LogP contribution in [0.3, 0.4) is 0 Å². The summed E-state index contributed by atoms with van der Waals surface area (Å²) in [5.41, 5.74) is -1.30. The quantitative estimate of drug-likeness (QED) is 0.0854. The van der Waals surface area contributed by atoms with Gasteiger partial charge in [0.15, 0.2) is 0 Å². The summed E-state index contributed by atoms with van der Waals surface area (Å²) in [6.45, 7) is 10.4. The molecule has 0 bridgehead atoms. The van der Waals surface area contributed by atoms with Gasteiger partial charge < -0.3 is 15.6 Å². The average molecular weight is 473 g/mol. The van der Waals surface area contributed by atoms with Gasteiger partial charge in [0.25, 0.3) is 10.1 Å². The third-order valence-electron chi connectivity index (χ3n) is 4.17. The Morgan fingerprint density at radius 3 is 1.81 bits per heavy atom. The van der Waals surface area contributed by atoms with Gasteiger partial charge in [-0.25, -0.2) is 9.59 Å². The summed E-state index contributed by atoms with van der Waals surface area (Å²) >= 11 is 0. The Balaban J connectivity index is -0.00000420. The van der Waals surface area contributed by atoms with Crippen molar-refractivity contribution in [1.29, 1.82) is 0 Å². The van der Waals surface area contributed by atoms with Crippen molar-refractivity contribution in [2.45, 2.75) is 52.9 Å². The second kappa shape index (κ2) is 15.6. The van der Waals surface area contributed by atoms with Gasteiger partial charge >= 0.3 is 47.5 Å². The minimum atomic E-state index is -4.33. The Kier molecular flexibility index (Phi) is 16.1. The largest absolute Gasteiger partial charge is 1.00 e. The summed E-state index contributed by atoms with van der Waals surface area (Å²) < 4.78 is 46.0. The first-order valence-corrected chi connectivity index (χ1v) is 11.2. The van der Waals surface area contributed by atoms with Crippen LogP contribution in [0.1, 0.15) is 54.3 Å². The Morgan fingerprint density at radius 2 is 1.42 bits per heavy atom. The monoisotopic (exact) mass is 472 g/mol. The smallest absolute Gasteiger partial charge is 1.00 e. The van der Waals surface area contributed by atoms with Crippen molar-refractivity contribution < 1.29 is 72.5 Å². The van der Waals surface area contributed by atoms with Gasteiger partial charge in [-0.15, -0.1) is 0 Å². The Hall–Kier alpha value is -1.20. The number of esters is 3. The van der Waals surface area contributed by atoms with Crippen LogP contribution in [0.4, 0.5) is 0 Å². The minimum absolute atomic E-state index is 0. The Morgan fingerprint density at radius 1 is 0.935 bits per heavy atom. The van der Waals surface area contributed by atoms with Crippen LogP contribution >= 0.6 is 0 Å². The van der Waals surface area contributed by atoms with Crippen molar-refractivity contribution in [3.8, 4) is 0 Å². The number of ether oxygens (including phenoxy) is 3. The molecular weight excluding hydrogens is 439 g/mol. The standard InChI is InChI=1S/C20H32O9S.Na.H/c1-6-7-8-9-10-20(13-28-17(21)15(2)3,14-29-18(22)16(4)5)19(23)27-11-12-30(24,25)26;;/h2,4,6-14H2,1,3,5H3,(H,24,25,26);;/q;+1;-1. The van der Waals surface area contributed by atoms with Crippen LogP contribution in [0.25, 0.3) is 0 Å². The molecule has 0 fully saturated rings. The van der Waals surface area contributed by atoms with E-state index in [0.717, 1.165) is 19.3 Å². The number of rotatable bonds is 15. The summed E-state index contributed by atoms with van der Waals surface area (Å²) in [5.74, 6) is -3.15. The molecule has 11 heteroatoms. The van der Waals surface area contributed by atoms with Gasteiger partial charge in [-0.05, 0) is 20.3 Å². The average Bonchev–Trinajstić information content (AvgIpc) is 2.64. The van der Waals surface area contributed by atoms with Crippen molar-refractivity contribution in [2.75, 3.05) is 25.6 Å². The Labute approximate surface area is 208 Å². The molecule has 1 N–H and O–H groups in total. The summed E-state index contributed by atoms with van der Waals surface area (Å²) in [6.07, 6.45) is 3.35. The number of hydrogen-bond donors (Lipinski definition) is 1. The molecule has 0 radical (unpaired) electrons. The molecule has 9 nitrogen and oxygen atoms in total.